The van der Waals surface area contributed by atoms with E-state index in [1.165, 1.54) is 0 Å². The van der Waals surface area contributed by atoms with Gasteiger partial charge in [-0.3, -0.25) is 4.79 Å². The van der Waals surface area contributed by atoms with Crippen LogP contribution in [0.1, 0.15) is 27.2 Å². The van der Waals surface area contributed by atoms with Gasteiger partial charge in [0.2, 0.25) is 0 Å². The molecule has 90 valence electrons. The number of hydrogen-bond acceptors (Lipinski definition) is 2. The lowest BCUT2D eigenvalue weighted by Crippen LogP contribution is -2.28. The van der Waals surface area contributed by atoms with Crippen molar-refractivity contribution < 1.29 is 0 Å². The van der Waals surface area contributed by atoms with E-state index in [0.29, 0.717) is 5.41 Å². The Kier molecular flexibility index (Phi) is 4.74. The molecule has 0 bridgehead atoms. The first-order valence-electron chi connectivity index (χ1n) is 5.85. The van der Waals surface area contributed by atoms with Crippen LogP contribution in [0.25, 0.3) is 0 Å². The van der Waals surface area contributed by atoms with Gasteiger partial charge in [0.25, 0.3) is 5.56 Å². The van der Waals surface area contributed by atoms with Gasteiger partial charge >= 0.3 is 0 Å². The van der Waals surface area contributed by atoms with E-state index in [1.54, 1.807) is 16.7 Å². The van der Waals surface area contributed by atoms with Gasteiger partial charge in [-0.05, 0) is 24.4 Å². The molecule has 0 fully saturated rings. The second-order valence-electron chi connectivity index (χ2n) is 5.29. The number of rotatable bonds is 5. The highest BCUT2D eigenvalue weighted by atomic mass is 16.1. The molecule has 0 aliphatic rings. The maximum Gasteiger partial charge on any atom is 0.250 e. The average Bonchev–Trinajstić information content (AvgIpc) is 2.18. The Bertz CT molecular complexity index is 363. The van der Waals surface area contributed by atoms with Crippen LogP contribution in [0.3, 0.4) is 0 Å². The summed E-state index contributed by atoms with van der Waals surface area (Å²) in [6.07, 6.45) is 2.98. The fraction of sp³-hybridized carbons (Fsp3) is 0.615. The summed E-state index contributed by atoms with van der Waals surface area (Å²) in [5.74, 6) is 0. The topological polar surface area (TPSA) is 34.0 Å². The predicted molar refractivity (Wildman–Crippen MR) is 67.6 cm³/mol. The standard InChI is InChI=1S/C13H22N2O/c1-13(2,3)7-8-14-9-11-15-10-5-4-6-12(15)16/h4-6,10,14H,7-9,11H2,1-3H3. The molecule has 0 radical (unpaired) electrons. The van der Waals surface area contributed by atoms with Gasteiger partial charge in [-0.15, -0.1) is 0 Å². The quantitative estimate of drug-likeness (QED) is 0.772. The Balaban J connectivity index is 2.22. The summed E-state index contributed by atoms with van der Waals surface area (Å²) in [4.78, 5) is 11.4. The van der Waals surface area contributed by atoms with E-state index in [1.807, 2.05) is 12.3 Å². The van der Waals surface area contributed by atoms with Crippen molar-refractivity contribution in [1.29, 1.82) is 0 Å². The Morgan fingerprint density at radius 3 is 2.62 bits per heavy atom. The number of pyridine rings is 1. The molecule has 1 rings (SSSR count). The van der Waals surface area contributed by atoms with Gasteiger partial charge in [0, 0.05) is 25.4 Å². The molecule has 3 nitrogen and oxygen atoms in total. The molecule has 1 aromatic rings. The van der Waals surface area contributed by atoms with Crippen LogP contribution in [0.2, 0.25) is 0 Å². The summed E-state index contributed by atoms with van der Waals surface area (Å²) < 4.78 is 1.73. The van der Waals surface area contributed by atoms with Crippen molar-refractivity contribution in [3.63, 3.8) is 0 Å². The van der Waals surface area contributed by atoms with E-state index in [4.69, 9.17) is 0 Å². The molecule has 0 saturated heterocycles. The summed E-state index contributed by atoms with van der Waals surface area (Å²) in [6.45, 7) is 9.29. The van der Waals surface area contributed by atoms with Crippen LogP contribution >= 0.6 is 0 Å². The molecule has 0 aliphatic carbocycles. The average molecular weight is 222 g/mol. The first kappa shape index (κ1) is 13.0. The molecule has 0 amide bonds. The van der Waals surface area contributed by atoms with Gasteiger partial charge in [0.1, 0.15) is 0 Å². The maximum atomic E-state index is 11.4. The number of nitrogens with zero attached hydrogens (tertiary/aromatic N) is 1. The van der Waals surface area contributed by atoms with Crippen molar-refractivity contribution >= 4 is 0 Å². The van der Waals surface area contributed by atoms with Gasteiger partial charge in [-0.25, -0.2) is 0 Å². The minimum atomic E-state index is 0.0696. The zero-order valence-electron chi connectivity index (χ0n) is 10.5. The van der Waals surface area contributed by atoms with Crippen molar-refractivity contribution in [1.82, 2.24) is 9.88 Å². The minimum absolute atomic E-state index is 0.0696. The van der Waals surface area contributed by atoms with Crippen LogP contribution in [-0.2, 0) is 6.54 Å². The molecule has 0 atom stereocenters. The molecular formula is C13H22N2O. The number of hydrogen-bond donors (Lipinski definition) is 1. The highest BCUT2D eigenvalue weighted by molar-refractivity contribution is 4.93. The van der Waals surface area contributed by atoms with Crippen LogP contribution in [0.5, 0.6) is 0 Å². The normalized spacial score (nSPS) is 11.7. The summed E-state index contributed by atoms with van der Waals surface area (Å²) >= 11 is 0. The van der Waals surface area contributed by atoms with E-state index in [2.05, 4.69) is 26.1 Å². The van der Waals surface area contributed by atoms with Gasteiger partial charge in [0.15, 0.2) is 0 Å². The number of nitrogens with one attached hydrogen (secondary N) is 1. The smallest absolute Gasteiger partial charge is 0.250 e. The highest BCUT2D eigenvalue weighted by Gasteiger charge is 2.08. The summed E-state index contributed by atoms with van der Waals surface area (Å²) in [6, 6.07) is 5.25. The molecule has 0 spiro atoms. The molecule has 1 heterocycles. The lowest BCUT2D eigenvalue weighted by Gasteiger charge is -2.18. The van der Waals surface area contributed by atoms with Crippen molar-refractivity contribution in [2.75, 3.05) is 13.1 Å². The lowest BCUT2D eigenvalue weighted by molar-refractivity contribution is 0.365. The van der Waals surface area contributed by atoms with Crippen LogP contribution in [0.4, 0.5) is 0 Å². The molecule has 1 N–H and O–H groups in total. The van der Waals surface area contributed by atoms with Crippen LogP contribution < -0.4 is 10.9 Å². The van der Waals surface area contributed by atoms with E-state index < -0.39 is 0 Å². The second-order valence-corrected chi connectivity index (χ2v) is 5.29. The van der Waals surface area contributed by atoms with Gasteiger partial charge in [-0.2, -0.15) is 0 Å². The zero-order valence-corrected chi connectivity index (χ0v) is 10.5. The Hall–Kier alpha value is -1.09. The summed E-state index contributed by atoms with van der Waals surface area (Å²) in [7, 11) is 0. The van der Waals surface area contributed by atoms with E-state index >= 15 is 0 Å². The monoisotopic (exact) mass is 222 g/mol. The largest absolute Gasteiger partial charge is 0.315 e. The summed E-state index contributed by atoms with van der Waals surface area (Å²) in [5.41, 5.74) is 0.441. The van der Waals surface area contributed by atoms with Crippen molar-refractivity contribution in [2.24, 2.45) is 5.41 Å². The lowest BCUT2D eigenvalue weighted by atomic mass is 9.92. The summed E-state index contributed by atoms with van der Waals surface area (Å²) in [5, 5.41) is 3.36. The van der Waals surface area contributed by atoms with Gasteiger partial charge in [0.05, 0.1) is 0 Å². The molecule has 0 aromatic carbocycles. The fourth-order valence-corrected chi connectivity index (χ4v) is 1.43. The Morgan fingerprint density at radius 1 is 1.25 bits per heavy atom. The third kappa shape index (κ3) is 5.12. The van der Waals surface area contributed by atoms with Crippen LogP contribution in [0.15, 0.2) is 29.2 Å². The van der Waals surface area contributed by atoms with Crippen LogP contribution in [0, 0.1) is 5.41 Å². The predicted octanol–water partition coefficient (Wildman–Crippen LogP) is 1.87. The molecular weight excluding hydrogens is 200 g/mol. The molecule has 0 saturated carbocycles. The first-order chi connectivity index (χ1) is 7.49. The molecule has 0 aliphatic heterocycles. The van der Waals surface area contributed by atoms with Gasteiger partial charge < -0.3 is 9.88 Å². The van der Waals surface area contributed by atoms with E-state index in [9.17, 15) is 4.79 Å². The van der Waals surface area contributed by atoms with Crippen molar-refractivity contribution in [2.45, 2.75) is 33.7 Å². The van der Waals surface area contributed by atoms with E-state index in [-0.39, 0.29) is 5.56 Å². The molecule has 0 unspecified atom stereocenters. The number of aromatic nitrogens is 1. The van der Waals surface area contributed by atoms with Crippen molar-refractivity contribution in [3.05, 3.63) is 34.7 Å². The zero-order chi connectivity index (χ0) is 12.0. The van der Waals surface area contributed by atoms with Crippen molar-refractivity contribution in [3.8, 4) is 0 Å². The first-order valence-corrected chi connectivity index (χ1v) is 5.85. The third-order valence-electron chi connectivity index (χ3n) is 2.48. The Morgan fingerprint density at radius 2 is 2.00 bits per heavy atom. The highest BCUT2D eigenvalue weighted by Crippen LogP contribution is 2.16. The third-order valence-corrected chi connectivity index (χ3v) is 2.48. The Labute approximate surface area is 97.5 Å². The molecule has 1 aromatic heterocycles. The fourth-order valence-electron chi connectivity index (χ4n) is 1.43. The van der Waals surface area contributed by atoms with Crippen LogP contribution in [-0.4, -0.2) is 17.7 Å². The van der Waals surface area contributed by atoms with E-state index in [0.717, 1.165) is 26.1 Å². The minimum Gasteiger partial charge on any atom is -0.315 e. The second kappa shape index (κ2) is 5.85. The molecule has 16 heavy (non-hydrogen) atoms. The maximum absolute atomic E-state index is 11.4. The SMILES string of the molecule is CC(C)(C)CCNCCn1ccccc1=O. The van der Waals surface area contributed by atoms with Gasteiger partial charge in [-0.1, -0.05) is 26.8 Å². The molecule has 3 heteroatoms.